The summed E-state index contributed by atoms with van der Waals surface area (Å²) < 4.78 is 10.7. The largest absolute Gasteiger partial charge is 0.462 e. The van der Waals surface area contributed by atoms with E-state index in [2.05, 4.69) is 22.2 Å². The van der Waals surface area contributed by atoms with Crippen molar-refractivity contribution in [3.05, 3.63) is 17.1 Å². The fourth-order valence-electron chi connectivity index (χ4n) is 2.18. The van der Waals surface area contributed by atoms with Crippen molar-refractivity contribution in [2.24, 2.45) is 0 Å². The van der Waals surface area contributed by atoms with Gasteiger partial charge in [0, 0.05) is 6.54 Å². The van der Waals surface area contributed by atoms with Gasteiger partial charge in [-0.25, -0.2) is 9.78 Å². The van der Waals surface area contributed by atoms with E-state index in [1.54, 1.807) is 20.8 Å². The van der Waals surface area contributed by atoms with Crippen LogP contribution in [0.4, 0.5) is 5.82 Å². The first-order valence-electron chi connectivity index (χ1n) is 7.27. The summed E-state index contributed by atoms with van der Waals surface area (Å²) in [4.78, 5) is 20.8. The molecule has 0 saturated heterocycles. The van der Waals surface area contributed by atoms with E-state index >= 15 is 0 Å². The maximum absolute atomic E-state index is 12.1. The van der Waals surface area contributed by atoms with Crippen molar-refractivity contribution in [3.63, 3.8) is 0 Å². The summed E-state index contributed by atoms with van der Waals surface area (Å²) in [5.74, 6) is 1.33. The lowest BCUT2D eigenvalue weighted by Gasteiger charge is -2.07. The molecular weight excluding hydrogens is 270 g/mol. The number of esters is 1. The highest BCUT2D eigenvalue weighted by Crippen LogP contribution is 2.30. The molecule has 0 radical (unpaired) electrons. The van der Waals surface area contributed by atoms with Crippen molar-refractivity contribution in [2.45, 2.75) is 40.5 Å². The van der Waals surface area contributed by atoms with E-state index in [1.165, 1.54) is 0 Å². The molecule has 0 aliphatic heterocycles. The maximum Gasteiger partial charge on any atom is 0.342 e. The van der Waals surface area contributed by atoms with Crippen molar-refractivity contribution in [1.29, 1.82) is 0 Å². The number of hydrogen-bond acceptors (Lipinski definition) is 6. The zero-order chi connectivity index (χ0) is 15.4. The second-order valence-corrected chi connectivity index (χ2v) is 4.83. The summed E-state index contributed by atoms with van der Waals surface area (Å²) in [5.41, 5.74) is 0.827. The van der Waals surface area contributed by atoms with Gasteiger partial charge in [-0.3, -0.25) is 0 Å². The Kier molecular flexibility index (Phi) is 4.77. The van der Waals surface area contributed by atoms with Gasteiger partial charge in [-0.05, 0) is 27.2 Å². The smallest absolute Gasteiger partial charge is 0.342 e. The van der Waals surface area contributed by atoms with Crippen LogP contribution in [0.1, 0.15) is 48.6 Å². The molecule has 2 aromatic heterocycles. The molecule has 6 nitrogen and oxygen atoms in total. The molecule has 0 atom stereocenters. The quantitative estimate of drug-likeness (QED) is 0.650. The van der Waals surface area contributed by atoms with E-state index in [9.17, 15) is 4.79 Å². The van der Waals surface area contributed by atoms with Crippen LogP contribution < -0.4 is 5.32 Å². The number of fused-ring (bicyclic) bond motifs is 1. The third-order valence-electron chi connectivity index (χ3n) is 3.14. The molecule has 6 heteroatoms. The van der Waals surface area contributed by atoms with Crippen LogP contribution in [0.25, 0.3) is 11.1 Å². The predicted molar refractivity (Wildman–Crippen MR) is 80.6 cm³/mol. The SMILES string of the molecule is CCCCNc1nc(C)nc2oc(C)c(C(=O)OCC)c12. The van der Waals surface area contributed by atoms with Crippen molar-refractivity contribution < 1.29 is 13.9 Å². The van der Waals surface area contributed by atoms with Gasteiger partial charge in [-0.15, -0.1) is 0 Å². The fourth-order valence-corrected chi connectivity index (χ4v) is 2.18. The number of nitrogens with one attached hydrogen (secondary N) is 1. The minimum atomic E-state index is -0.403. The lowest BCUT2D eigenvalue weighted by molar-refractivity contribution is 0.0526. The van der Waals surface area contributed by atoms with Crippen LogP contribution in [0.2, 0.25) is 0 Å². The number of carbonyl (C=O) groups excluding carboxylic acids is 1. The van der Waals surface area contributed by atoms with Gasteiger partial charge in [-0.1, -0.05) is 13.3 Å². The minimum absolute atomic E-state index is 0.316. The molecule has 0 fully saturated rings. The molecule has 0 bridgehead atoms. The lowest BCUT2D eigenvalue weighted by atomic mass is 10.2. The van der Waals surface area contributed by atoms with Crippen LogP contribution in [0.3, 0.4) is 0 Å². The number of aryl methyl sites for hydroxylation is 2. The average Bonchev–Trinajstić information content (AvgIpc) is 2.75. The molecule has 1 N–H and O–H groups in total. The first-order chi connectivity index (χ1) is 10.1. The molecule has 114 valence electrons. The van der Waals surface area contributed by atoms with E-state index in [0.29, 0.717) is 40.7 Å². The Morgan fingerprint density at radius 1 is 1.29 bits per heavy atom. The maximum atomic E-state index is 12.1. The Balaban J connectivity index is 2.52. The molecule has 0 aliphatic rings. The van der Waals surface area contributed by atoms with E-state index in [0.717, 1.165) is 19.4 Å². The van der Waals surface area contributed by atoms with E-state index in [1.807, 2.05) is 0 Å². The van der Waals surface area contributed by atoms with Crippen LogP contribution >= 0.6 is 0 Å². The number of carbonyl (C=O) groups is 1. The zero-order valence-corrected chi connectivity index (χ0v) is 12.9. The molecule has 0 unspecified atom stereocenters. The molecule has 0 amide bonds. The third-order valence-corrected chi connectivity index (χ3v) is 3.14. The van der Waals surface area contributed by atoms with E-state index < -0.39 is 5.97 Å². The molecule has 2 rings (SSSR count). The van der Waals surface area contributed by atoms with Gasteiger partial charge in [0.25, 0.3) is 0 Å². The molecule has 21 heavy (non-hydrogen) atoms. The second kappa shape index (κ2) is 6.56. The lowest BCUT2D eigenvalue weighted by Crippen LogP contribution is -2.09. The molecular formula is C15H21N3O3. The number of furan rings is 1. The normalized spacial score (nSPS) is 10.9. The summed E-state index contributed by atoms with van der Waals surface area (Å²) in [6.45, 7) is 8.53. The van der Waals surface area contributed by atoms with Gasteiger partial charge < -0.3 is 14.5 Å². The monoisotopic (exact) mass is 291 g/mol. The van der Waals surface area contributed by atoms with Crippen LogP contribution in [0.5, 0.6) is 0 Å². The summed E-state index contributed by atoms with van der Waals surface area (Å²) in [6, 6.07) is 0. The Bertz CT molecular complexity index is 649. The number of ether oxygens (including phenoxy) is 1. The predicted octanol–water partition coefficient (Wildman–Crippen LogP) is 3.23. The average molecular weight is 291 g/mol. The first-order valence-corrected chi connectivity index (χ1v) is 7.27. The third kappa shape index (κ3) is 3.15. The van der Waals surface area contributed by atoms with Crippen LogP contribution in [0, 0.1) is 13.8 Å². The molecule has 0 saturated carbocycles. The standard InChI is InChI=1S/C15H21N3O3/c1-5-7-8-16-13-12-11(15(19)20-6-2)9(3)21-14(12)18-10(4)17-13/h5-8H2,1-4H3,(H,16,17,18). The van der Waals surface area contributed by atoms with E-state index in [-0.39, 0.29) is 0 Å². The van der Waals surface area contributed by atoms with Gasteiger partial charge in [0.1, 0.15) is 23.0 Å². The molecule has 0 aromatic carbocycles. The van der Waals surface area contributed by atoms with Gasteiger partial charge in [0.05, 0.1) is 12.0 Å². The number of hydrogen-bond donors (Lipinski definition) is 1. The van der Waals surface area contributed by atoms with Crippen LogP contribution in [-0.2, 0) is 4.74 Å². The highest BCUT2D eigenvalue weighted by Gasteiger charge is 2.24. The van der Waals surface area contributed by atoms with Gasteiger partial charge in [0.2, 0.25) is 5.71 Å². The fraction of sp³-hybridized carbons (Fsp3) is 0.533. The van der Waals surface area contributed by atoms with E-state index in [4.69, 9.17) is 9.15 Å². The molecule has 0 aliphatic carbocycles. The number of anilines is 1. The Hall–Kier alpha value is -2.11. The number of nitrogens with zero attached hydrogens (tertiary/aromatic N) is 2. The van der Waals surface area contributed by atoms with Crippen molar-refractivity contribution in [3.8, 4) is 0 Å². The Morgan fingerprint density at radius 2 is 2.05 bits per heavy atom. The van der Waals surface area contributed by atoms with Gasteiger partial charge in [0.15, 0.2) is 0 Å². The minimum Gasteiger partial charge on any atom is -0.462 e. The number of rotatable bonds is 6. The topological polar surface area (TPSA) is 77.3 Å². The van der Waals surface area contributed by atoms with Crippen molar-refractivity contribution in [1.82, 2.24) is 9.97 Å². The summed E-state index contributed by atoms with van der Waals surface area (Å²) >= 11 is 0. The summed E-state index contributed by atoms with van der Waals surface area (Å²) in [5, 5.41) is 3.87. The first kappa shape index (κ1) is 15.3. The Morgan fingerprint density at radius 3 is 2.71 bits per heavy atom. The van der Waals surface area contributed by atoms with Crippen molar-refractivity contribution >= 4 is 22.9 Å². The second-order valence-electron chi connectivity index (χ2n) is 4.83. The summed E-state index contributed by atoms with van der Waals surface area (Å²) in [6.07, 6.45) is 2.10. The molecule has 2 heterocycles. The molecule has 0 spiro atoms. The van der Waals surface area contributed by atoms with Crippen LogP contribution in [-0.4, -0.2) is 29.1 Å². The number of aromatic nitrogens is 2. The zero-order valence-electron chi connectivity index (χ0n) is 12.9. The van der Waals surface area contributed by atoms with Gasteiger partial charge >= 0.3 is 5.97 Å². The van der Waals surface area contributed by atoms with Crippen molar-refractivity contribution in [2.75, 3.05) is 18.5 Å². The number of unbranched alkanes of at least 4 members (excludes halogenated alkanes) is 1. The Labute approximate surface area is 123 Å². The highest BCUT2D eigenvalue weighted by atomic mass is 16.5. The summed E-state index contributed by atoms with van der Waals surface area (Å²) in [7, 11) is 0. The molecule has 2 aromatic rings. The van der Waals surface area contributed by atoms with Crippen LogP contribution in [0.15, 0.2) is 4.42 Å². The highest BCUT2D eigenvalue weighted by molar-refractivity contribution is 6.07. The van der Waals surface area contributed by atoms with Gasteiger partial charge in [-0.2, -0.15) is 4.98 Å².